The second-order valence-corrected chi connectivity index (χ2v) is 3.96. The minimum absolute atomic E-state index is 0.0640. The van der Waals surface area contributed by atoms with Gasteiger partial charge >= 0.3 is 0 Å². The van der Waals surface area contributed by atoms with Crippen LogP contribution >= 0.6 is 0 Å². The fourth-order valence-electron chi connectivity index (χ4n) is 1.43. The van der Waals surface area contributed by atoms with Gasteiger partial charge in [-0.05, 0) is 37.8 Å². The molecule has 85 valence electrons. The highest BCUT2D eigenvalue weighted by atomic mass is 16.1. The van der Waals surface area contributed by atoms with Crippen LogP contribution in [0.25, 0.3) is 0 Å². The third-order valence-corrected chi connectivity index (χ3v) is 2.31. The van der Waals surface area contributed by atoms with E-state index in [9.17, 15) is 4.79 Å². The zero-order valence-electron chi connectivity index (χ0n) is 9.75. The van der Waals surface area contributed by atoms with Gasteiger partial charge in [0.25, 0.3) is 0 Å². The maximum absolute atomic E-state index is 11.2. The molecule has 0 fully saturated rings. The highest BCUT2D eigenvalue weighted by Gasteiger charge is 1.99. The van der Waals surface area contributed by atoms with Crippen LogP contribution in [0.4, 0.5) is 0 Å². The zero-order valence-corrected chi connectivity index (χ0v) is 9.75. The number of hydrogen-bond donors (Lipinski definition) is 1. The molecule has 0 unspecified atom stereocenters. The third-order valence-electron chi connectivity index (χ3n) is 2.31. The van der Waals surface area contributed by atoms with Gasteiger partial charge in [0.2, 0.25) is 5.91 Å². The topological polar surface area (TPSA) is 29.1 Å². The molecule has 16 heavy (non-hydrogen) atoms. The van der Waals surface area contributed by atoms with Crippen LogP contribution < -0.4 is 5.32 Å². The molecule has 1 radical (unpaired) electrons. The van der Waals surface area contributed by atoms with E-state index in [0.717, 1.165) is 18.4 Å². The van der Waals surface area contributed by atoms with E-state index in [-0.39, 0.29) is 5.91 Å². The van der Waals surface area contributed by atoms with Gasteiger partial charge in [-0.25, -0.2) is 0 Å². The summed E-state index contributed by atoms with van der Waals surface area (Å²) >= 11 is 0. The van der Waals surface area contributed by atoms with Crippen LogP contribution in [0.5, 0.6) is 0 Å². The molecule has 1 aromatic rings. The molecule has 0 spiro atoms. The van der Waals surface area contributed by atoms with E-state index in [1.54, 1.807) is 6.92 Å². The van der Waals surface area contributed by atoms with Crippen molar-refractivity contribution in [2.75, 3.05) is 6.54 Å². The van der Waals surface area contributed by atoms with Gasteiger partial charge in [-0.2, -0.15) is 0 Å². The first-order chi connectivity index (χ1) is 7.59. The number of hydrogen-bond acceptors (Lipinski definition) is 1. The number of nitrogens with one attached hydrogen (secondary N) is 1. The van der Waals surface area contributed by atoms with Crippen molar-refractivity contribution in [3.05, 3.63) is 54.5 Å². The molecule has 0 saturated carbocycles. The van der Waals surface area contributed by atoms with E-state index in [0.29, 0.717) is 12.1 Å². The van der Waals surface area contributed by atoms with Crippen LogP contribution in [-0.4, -0.2) is 12.5 Å². The molecule has 0 heterocycles. The lowest BCUT2D eigenvalue weighted by atomic mass is 10.1. The fraction of sp³-hybridized carbons (Fsp3) is 0.286. The Balaban J connectivity index is 2.26. The van der Waals surface area contributed by atoms with Gasteiger partial charge in [0.05, 0.1) is 0 Å². The predicted octanol–water partition coefficient (Wildman–Crippen LogP) is 2.49. The maximum atomic E-state index is 11.2. The van der Waals surface area contributed by atoms with Crippen LogP contribution in [0, 0.1) is 6.92 Å². The Morgan fingerprint density at radius 3 is 2.81 bits per heavy atom. The molecular weight excluding hydrogens is 198 g/mol. The van der Waals surface area contributed by atoms with E-state index < -0.39 is 0 Å². The third kappa shape index (κ3) is 4.30. The van der Waals surface area contributed by atoms with Gasteiger partial charge in [-0.3, -0.25) is 4.79 Å². The van der Waals surface area contributed by atoms with Crippen LogP contribution in [0.2, 0.25) is 0 Å². The molecule has 0 aliphatic heterocycles. The first-order valence-electron chi connectivity index (χ1n) is 5.44. The van der Waals surface area contributed by atoms with Gasteiger partial charge in [-0.1, -0.05) is 30.8 Å². The summed E-state index contributed by atoms with van der Waals surface area (Å²) in [5.74, 6) is -0.0640. The Hall–Kier alpha value is -1.57. The van der Waals surface area contributed by atoms with Gasteiger partial charge < -0.3 is 5.32 Å². The fourth-order valence-corrected chi connectivity index (χ4v) is 1.43. The normalized spacial score (nSPS) is 9.88. The second-order valence-electron chi connectivity index (χ2n) is 3.96. The summed E-state index contributed by atoms with van der Waals surface area (Å²) in [6.07, 6.45) is 1.89. The molecule has 1 N–H and O–H groups in total. The molecule has 1 rings (SSSR count). The minimum atomic E-state index is -0.0640. The van der Waals surface area contributed by atoms with Crippen molar-refractivity contribution >= 4 is 5.91 Å². The second kappa shape index (κ2) is 6.11. The zero-order chi connectivity index (χ0) is 12.0. The average molecular weight is 216 g/mol. The monoisotopic (exact) mass is 216 g/mol. The lowest BCUT2D eigenvalue weighted by Crippen LogP contribution is -2.24. The van der Waals surface area contributed by atoms with Gasteiger partial charge in [0.15, 0.2) is 0 Å². The molecule has 0 aromatic heterocycles. The van der Waals surface area contributed by atoms with Crippen molar-refractivity contribution in [2.45, 2.75) is 19.8 Å². The lowest BCUT2D eigenvalue weighted by molar-refractivity contribution is -0.117. The van der Waals surface area contributed by atoms with E-state index in [2.05, 4.69) is 31.0 Å². The number of benzene rings is 1. The number of aryl methyl sites for hydroxylation is 1. The number of carbonyl (C=O) groups is 1. The molecular formula is C14H18NO. The quantitative estimate of drug-likeness (QED) is 0.594. The smallest absolute Gasteiger partial charge is 0.246 e. The molecule has 2 nitrogen and oxygen atoms in total. The van der Waals surface area contributed by atoms with Gasteiger partial charge in [-0.15, -0.1) is 0 Å². The van der Waals surface area contributed by atoms with Crippen molar-refractivity contribution < 1.29 is 4.79 Å². The Labute approximate surface area is 97.4 Å². The van der Waals surface area contributed by atoms with Crippen molar-refractivity contribution in [2.24, 2.45) is 0 Å². The predicted molar refractivity (Wildman–Crippen MR) is 67.0 cm³/mol. The Bertz CT molecular complexity index is 382. The Morgan fingerprint density at radius 2 is 2.19 bits per heavy atom. The summed E-state index contributed by atoms with van der Waals surface area (Å²) in [6.45, 7) is 9.86. The van der Waals surface area contributed by atoms with Gasteiger partial charge in [0.1, 0.15) is 0 Å². The summed E-state index contributed by atoms with van der Waals surface area (Å²) < 4.78 is 0. The summed E-state index contributed by atoms with van der Waals surface area (Å²) in [6, 6.07) is 8.13. The van der Waals surface area contributed by atoms with E-state index >= 15 is 0 Å². The van der Waals surface area contributed by atoms with E-state index in [4.69, 9.17) is 0 Å². The van der Waals surface area contributed by atoms with Crippen LogP contribution in [-0.2, 0) is 11.2 Å². The number of amides is 1. The van der Waals surface area contributed by atoms with E-state index in [1.165, 1.54) is 5.56 Å². The maximum Gasteiger partial charge on any atom is 0.246 e. The molecule has 1 amide bonds. The van der Waals surface area contributed by atoms with Crippen molar-refractivity contribution in [3.63, 3.8) is 0 Å². The molecule has 0 atom stereocenters. The number of carbonyl (C=O) groups excluding carboxylic acids is 1. The largest absolute Gasteiger partial charge is 0.352 e. The first-order valence-corrected chi connectivity index (χ1v) is 5.44. The van der Waals surface area contributed by atoms with Crippen LogP contribution in [0.1, 0.15) is 24.5 Å². The summed E-state index contributed by atoms with van der Waals surface area (Å²) in [4.78, 5) is 11.2. The molecule has 0 saturated heterocycles. The van der Waals surface area contributed by atoms with Crippen LogP contribution in [0.3, 0.4) is 0 Å². The average Bonchev–Trinajstić information content (AvgIpc) is 2.24. The molecule has 0 aliphatic carbocycles. The summed E-state index contributed by atoms with van der Waals surface area (Å²) in [7, 11) is 0. The summed E-state index contributed by atoms with van der Waals surface area (Å²) in [5.41, 5.74) is 2.85. The van der Waals surface area contributed by atoms with Crippen molar-refractivity contribution in [1.29, 1.82) is 0 Å². The Kier molecular flexibility index (Phi) is 4.77. The first kappa shape index (κ1) is 12.5. The SMILES string of the molecule is [CH2]c1cccc(CCCNC(=O)C(=C)C)c1. The van der Waals surface area contributed by atoms with Crippen molar-refractivity contribution in [3.8, 4) is 0 Å². The molecule has 0 aliphatic rings. The van der Waals surface area contributed by atoms with Gasteiger partial charge in [0, 0.05) is 12.1 Å². The number of rotatable bonds is 5. The highest BCUT2D eigenvalue weighted by molar-refractivity contribution is 5.91. The van der Waals surface area contributed by atoms with Crippen molar-refractivity contribution in [1.82, 2.24) is 5.32 Å². The highest BCUT2D eigenvalue weighted by Crippen LogP contribution is 2.05. The Morgan fingerprint density at radius 1 is 1.44 bits per heavy atom. The van der Waals surface area contributed by atoms with Crippen LogP contribution in [0.15, 0.2) is 36.4 Å². The summed E-state index contributed by atoms with van der Waals surface area (Å²) in [5, 5.41) is 2.81. The molecule has 0 bridgehead atoms. The lowest BCUT2D eigenvalue weighted by Gasteiger charge is -2.05. The minimum Gasteiger partial charge on any atom is -0.352 e. The standard InChI is InChI=1S/C14H18NO/c1-11(2)14(16)15-9-5-8-13-7-4-6-12(3)10-13/h4,6-7,10H,1,3,5,8-9H2,2H3,(H,15,16). The molecule has 2 heteroatoms. The van der Waals surface area contributed by atoms with E-state index in [1.807, 2.05) is 12.1 Å². The molecule has 1 aromatic carbocycles.